The summed E-state index contributed by atoms with van der Waals surface area (Å²) in [5, 5.41) is 18.9. The number of carbonyl (C=O) groups is 2. The predicted octanol–water partition coefficient (Wildman–Crippen LogP) is 3.24. The lowest BCUT2D eigenvalue weighted by Gasteiger charge is -2.10. The van der Waals surface area contributed by atoms with Crippen LogP contribution in [0.15, 0.2) is 48.7 Å². The van der Waals surface area contributed by atoms with Gasteiger partial charge in [0.15, 0.2) is 11.5 Å². The monoisotopic (exact) mass is 431 g/mol. The Morgan fingerprint density at radius 2 is 1.83 bits per heavy atom. The second-order valence-corrected chi connectivity index (χ2v) is 6.56. The third-order valence-electron chi connectivity index (χ3n) is 4.23. The van der Waals surface area contributed by atoms with E-state index in [0.717, 1.165) is 39.3 Å². The molecule has 3 aromatic rings. The summed E-state index contributed by atoms with van der Waals surface area (Å²) < 4.78 is 12.8. The zero-order valence-corrected chi connectivity index (χ0v) is 16.6. The van der Waals surface area contributed by atoms with E-state index in [-0.39, 0.29) is 6.79 Å². The lowest BCUT2D eigenvalue weighted by molar-refractivity contribution is -0.159. The number of fused-ring (bicyclic) bond motifs is 1. The normalized spacial score (nSPS) is 11.4. The summed E-state index contributed by atoms with van der Waals surface area (Å²) in [6.07, 6.45) is 1.84. The number of anilines is 1. The Balaban J connectivity index is 0.000000377. The summed E-state index contributed by atoms with van der Waals surface area (Å²) in [7, 11) is 1.97. The number of aliphatic carboxylic acids is 2. The fourth-order valence-corrected chi connectivity index (χ4v) is 2.92. The molecule has 0 unspecified atom stereocenters. The van der Waals surface area contributed by atoms with E-state index in [1.807, 2.05) is 60.3 Å². The van der Waals surface area contributed by atoms with E-state index in [0.29, 0.717) is 6.54 Å². The fourth-order valence-electron chi connectivity index (χ4n) is 2.71. The van der Waals surface area contributed by atoms with E-state index in [1.54, 1.807) is 0 Å². The van der Waals surface area contributed by atoms with Crippen molar-refractivity contribution in [1.29, 1.82) is 0 Å². The minimum Gasteiger partial charge on any atom is -0.473 e. The van der Waals surface area contributed by atoms with Gasteiger partial charge in [-0.15, -0.1) is 0 Å². The van der Waals surface area contributed by atoms with Gasteiger partial charge in [-0.05, 0) is 29.8 Å². The Morgan fingerprint density at radius 3 is 2.53 bits per heavy atom. The molecule has 0 amide bonds. The van der Waals surface area contributed by atoms with Crippen molar-refractivity contribution in [2.75, 3.05) is 12.1 Å². The molecular formula is C20H18ClN3O6. The maximum Gasteiger partial charge on any atom is 0.414 e. The van der Waals surface area contributed by atoms with Crippen LogP contribution in [0.25, 0.3) is 11.3 Å². The van der Waals surface area contributed by atoms with Crippen molar-refractivity contribution >= 4 is 29.5 Å². The molecule has 0 spiro atoms. The lowest BCUT2D eigenvalue weighted by atomic mass is 10.1. The second kappa shape index (κ2) is 9.19. The molecule has 2 aromatic carbocycles. The number of benzene rings is 2. The smallest absolute Gasteiger partial charge is 0.414 e. The van der Waals surface area contributed by atoms with Gasteiger partial charge >= 0.3 is 11.9 Å². The van der Waals surface area contributed by atoms with E-state index in [9.17, 15) is 0 Å². The molecule has 30 heavy (non-hydrogen) atoms. The number of carboxylic acids is 2. The molecule has 2 heterocycles. The van der Waals surface area contributed by atoms with E-state index in [1.165, 1.54) is 0 Å². The van der Waals surface area contributed by atoms with E-state index < -0.39 is 11.9 Å². The van der Waals surface area contributed by atoms with Crippen molar-refractivity contribution in [2.45, 2.75) is 6.54 Å². The van der Waals surface area contributed by atoms with Crippen LogP contribution in [0.5, 0.6) is 11.5 Å². The maximum atomic E-state index is 9.10. The Hall–Kier alpha value is -3.72. The summed E-state index contributed by atoms with van der Waals surface area (Å²) in [5.41, 5.74) is 3.06. The molecule has 1 aliphatic rings. The van der Waals surface area contributed by atoms with Gasteiger partial charge in [0.05, 0.1) is 11.9 Å². The van der Waals surface area contributed by atoms with Gasteiger partial charge in [-0.3, -0.25) is 0 Å². The van der Waals surface area contributed by atoms with Crippen molar-refractivity contribution in [3.05, 3.63) is 59.2 Å². The first-order valence-electron chi connectivity index (χ1n) is 8.72. The van der Waals surface area contributed by atoms with Crippen molar-refractivity contribution in [1.82, 2.24) is 9.55 Å². The van der Waals surface area contributed by atoms with Crippen molar-refractivity contribution in [3.8, 4) is 22.8 Å². The predicted molar refractivity (Wildman–Crippen MR) is 109 cm³/mol. The standard InChI is InChI=1S/C18H16ClN3O2.C2H2O4/c1-22-15(12-6-7-16-17(8-12)24-11-23-16)10-21-18(22)20-9-13-4-2-3-5-14(13)19;3-1(4)2(5)6/h2-8,10H,9,11H2,1H3,(H,20,21);(H,3,4)(H,5,6). The summed E-state index contributed by atoms with van der Waals surface area (Å²) in [4.78, 5) is 22.7. The van der Waals surface area contributed by atoms with Crippen LogP contribution >= 0.6 is 11.6 Å². The summed E-state index contributed by atoms with van der Waals surface area (Å²) in [6, 6.07) is 13.7. The molecule has 0 aliphatic carbocycles. The van der Waals surface area contributed by atoms with Gasteiger partial charge < -0.3 is 29.6 Å². The molecule has 10 heteroatoms. The summed E-state index contributed by atoms with van der Waals surface area (Å²) >= 11 is 6.19. The molecule has 0 fully saturated rings. The molecule has 3 N–H and O–H groups in total. The third-order valence-corrected chi connectivity index (χ3v) is 4.60. The van der Waals surface area contributed by atoms with Crippen LogP contribution in [0.2, 0.25) is 5.02 Å². The molecule has 0 radical (unpaired) electrons. The number of halogens is 1. The quantitative estimate of drug-likeness (QED) is 0.538. The molecule has 1 aromatic heterocycles. The first kappa shape index (κ1) is 21.0. The highest BCUT2D eigenvalue weighted by Gasteiger charge is 2.16. The van der Waals surface area contributed by atoms with Gasteiger partial charge in [-0.25, -0.2) is 14.6 Å². The Morgan fingerprint density at radius 1 is 1.13 bits per heavy atom. The molecule has 4 rings (SSSR count). The molecule has 9 nitrogen and oxygen atoms in total. The van der Waals surface area contributed by atoms with Crippen LogP contribution < -0.4 is 14.8 Å². The SMILES string of the molecule is Cn1c(-c2ccc3c(c2)OCO3)cnc1NCc1ccccc1Cl.O=C(O)C(=O)O. The van der Waals surface area contributed by atoms with Crippen molar-refractivity contribution in [3.63, 3.8) is 0 Å². The highest BCUT2D eigenvalue weighted by atomic mass is 35.5. The van der Waals surface area contributed by atoms with Crippen LogP contribution in [0.3, 0.4) is 0 Å². The van der Waals surface area contributed by atoms with Crippen LogP contribution in [0.1, 0.15) is 5.56 Å². The van der Waals surface area contributed by atoms with Crippen molar-refractivity contribution < 1.29 is 29.3 Å². The van der Waals surface area contributed by atoms with Gasteiger partial charge in [0.2, 0.25) is 12.7 Å². The first-order chi connectivity index (χ1) is 14.4. The van der Waals surface area contributed by atoms with Crippen LogP contribution in [-0.2, 0) is 23.2 Å². The van der Waals surface area contributed by atoms with Crippen LogP contribution in [0.4, 0.5) is 5.95 Å². The number of nitrogens with zero attached hydrogens (tertiary/aromatic N) is 2. The zero-order valence-electron chi connectivity index (χ0n) is 15.8. The Kier molecular flexibility index (Phi) is 6.43. The summed E-state index contributed by atoms with van der Waals surface area (Å²) in [5.74, 6) is -1.33. The maximum absolute atomic E-state index is 9.10. The van der Waals surface area contributed by atoms with Gasteiger partial charge in [-0.2, -0.15) is 0 Å². The number of carboxylic acid groups (broad SMARTS) is 2. The van der Waals surface area contributed by atoms with Gasteiger partial charge in [0, 0.05) is 24.2 Å². The molecular weight excluding hydrogens is 414 g/mol. The molecule has 0 saturated carbocycles. The highest BCUT2D eigenvalue weighted by Crippen LogP contribution is 2.36. The highest BCUT2D eigenvalue weighted by molar-refractivity contribution is 6.31. The number of rotatable bonds is 4. The number of hydrogen-bond donors (Lipinski definition) is 3. The minimum atomic E-state index is -1.82. The Bertz CT molecular complexity index is 1070. The molecule has 0 bridgehead atoms. The lowest BCUT2D eigenvalue weighted by Crippen LogP contribution is -2.09. The number of ether oxygens (including phenoxy) is 2. The van der Waals surface area contributed by atoms with Gasteiger partial charge in [-0.1, -0.05) is 29.8 Å². The number of nitrogens with one attached hydrogen (secondary N) is 1. The zero-order chi connectivity index (χ0) is 21.7. The minimum absolute atomic E-state index is 0.273. The van der Waals surface area contributed by atoms with Crippen LogP contribution in [-0.4, -0.2) is 38.5 Å². The first-order valence-corrected chi connectivity index (χ1v) is 9.10. The van der Waals surface area contributed by atoms with E-state index in [4.69, 9.17) is 40.9 Å². The average molecular weight is 432 g/mol. The van der Waals surface area contributed by atoms with Crippen molar-refractivity contribution in [2.24, 2.45) is 7.05 Å². The second-order valence-electron chi connectivity index (χ2n) is 6.15. The largest absolute Gasteiger partial charge is 0.473 e. The third kappa shape index (κ3) is 4.81. The topological polar surface area (TPSA) is 123 Å². The molecule has 156 valence electrons. The molecule has 0 atom stereocenters. The molecule has 0 saturated heterocycles. The Labute approximate surface area is 176 Å². The number of aromatic nitrogens is 2. The average Bonchev–Trinajstić information content (AvgIpc) is 3.33. The summed E-state index contributed by atoms with van der Waals surface area (Å²) in [6.45, 7) is 0.889. The van der Waals surface area contributed by atoms with E-state index >= 15 is 0 Å². The molecule has 1 aliphatic heterocycles. The van der Waals surface area contributed by atoms with Crippen LogP contribution in [0, 0.1) is 0 Å². The van der Waals surface area contributed by atoms with E-state index in [2.05, 4.69) is 10.3 Å². The number of imidazole rings is 1. The number of hydrogen-bond acceptors (Lipinski definition) is 6. The van der Waals surface area contributed by atoms with Gasteiger partial charge in [0.25, 0.3) is 0 Å². The van der Waals surface area contributed by atoms with Gasteiger partial charge in [0.1, 0.15) is 0 Å². The fraction of sp³-hybridized carbons (Fsp3) is 0.150.